The number of anilines is 1. The van der Waals surface area contributed by atoms with Gasteiger partial charge in [0.25, 0.3) is 5.56 Å². The molecule has 200 valence electrons. The van der Waals surface area contributed by atoms with Crippen molar-refractivity contribution in [3.63, 3.8) is 0 Å². The molecule has 0 spiro atoms. The molecular weight excluding hydrogens is 550 g/mol. The number of halogens is 1. The zero-order chi connectivity index (χ0) is 27.5. The van der Waals surface area contributed by atoms with Gasteiger partial charge in [0.2, 0.25) is 0 Å². The number of thiophene rings is 1. The first-order valence-corrected chi connectivity index (χ1v) is 13.8. The predicted molar refractivity (Wildman–Crippen MR) is 156 cm³/mol. The Morgan fingerprint density at radius 3 is 2.80 bits per heavy atom. The van der Waals surface area contributed by atoms with Crippen molar-refractivity contribution >= 4 is 49.6 Å². The first-order chi connectivity index (χ1) is 19.4. The second-order valence-electron chi connectivity index (χ2n) is 9.60. The molecule has 7 rings (SSSR count). The molecule has 10 nitrogen and oxygen atoms in total. The van der Waals surface area contributed by atoms with Gasteiger partial charge in [0.1, 0.15) is 10.4 Å². The Bertz CT molecular complexity index is 2080. The van der Waals surface area contributed by atoms with Crippen LogP contribution in [0.25, 0.3) is 37.1 Å². The molecule has 40 heavy (non-hydrogen) atoms. The second kappa shape index (κ2) is 9.32. The Kier molecular flexibility index (Phi) is 5.72. The van der Waals surface area contributed by atoms with E-state index in [4.69, 9.17) is 16.3 Å². The van der Waals surface area contributed by atoms with Crippen LogP contribution in [0.5, 0.6) is 5.75 Å². The molecule has 2 aromatic carbocycles. The van der Waals surface area contributed by atoms with Crippen LogP contribution in [-0.2, 0) is 13.1 Å². The molecule has 0 atom stereocenters. The molecule has 1 N–H and O–H groups in total. The van der Waals surface area contributed by atoms with Crippen LogP contribution >= 0.6 is 22.9 Å². The summed E-state index contributed by atoms with van der Waals surface area (Å²) in [5.41, 5.74) is 3.59. The van der Waals surface area contributed by atoms with Crippen LogP contribution in [0.2, 0.25) is 5.02 Å². The lowest BCUT2D eigenvalue weighted by molar-refractivity contribution is 0.415. The average molecular weight is 572 g/mol. The molecule has 6 aromatic rings. The number of nitrogens with zero attached hydrogens (tertiary/aromatic N) is 6. The Hall–Kier alpha value is -4.48. The topological polar surface area (TPSA) is 111 Å². The van der Waals surface area contributed by atoms with Crippen molar-refractivity contribution < 1.29 is 4.74 Å². The first-order valence-electron chi connectivity index (χ1n) is 12.6. The third kappa shape index (κ3) is 3.89. The van der Waals surface area contributed by atoms with Crippen LogP contribution in [0.3, 0.4) is 0 Å². The Balaban J connectivity index is 1.36. The van der Waals surface area contributed by atoms with Gasteiger partial charge >= 0.3 is 5.69 Å². The van der Waals surface area contributed by atoms with E-state index in [1.807, 2.05) is 35.9 Å². The zero-order valence-corrected chi connectivity index (χ0v) is 23.1. The maximum Gasteiger partial charge on any atom is 0.333 e. The molecule has 0 fully saturated rings. The highest BCUT2D eigenvalue weighted by Crippen LogP contribution is 2.37. The lowest BCUT2D eigenvalue weighted by Gasteiger charge is -2.29. The van der Waals surface area contributed by atoms with Gasteiger partial charge in [-0.1, -0.05) is 22.9 Å². The summed E-state index contributed by atoms with van der Waals surface area (Å²) in [5, 5.41) is 10.5. The van der Waals surface area contributed by atoms with E-state index < -0.39 is 11.2 Å². The third-order valence-electron chi connectivity index (χ3n) is 7.30. The van der Waals surface area contributed by atoms with E-state index in [0.717, 1.165) is 55.9 Å². The Morgan fingerprint density at radius 2 is 1.95 bits per heavy atom. The van der Waals surface area contributed by atoms with E-state index >= 15 is 0 Å². The van der Waals surface area contributed by atoms with Crippen LogP contribution in [0.15, 0.2) is 64.4 Å². The number of benzene rings is 2. The summed E-state index contributed by atoms with van der Waals surface area (Å²) >= 11 is 7.73. The monoisotopic (exact) mass is 571 g/mol. The van der Waals surface area contributed by atoms with Crippen LogP contribution in [-0.4, -0.2) is 43.2 Å². The molecule has 0 radical (unpaired) electrons. The van der Waals surface area contributed by atoms with Gasteiger partial charge in [0.15, 0.2) is 0 Å². The number of aromatic nitrogens is 6. The molecule has 0 saturated carbocycles. The highest BCUT2D eigenvalue weighted by molar-refractivity contribution is 7.22. The van der Waals surface area contributed by atoms with E-state index in [-0.39, 0.29) is 0 Å². The van der Waals surface area contributed by atoms with Gasteiger partial charge in [-0.3, -0.25) is 9.78 Å². The number of hydrogen-bond donors (Lipinski definition) is 1. The van der Waals surface area contributed by atoms with Crippen molar-refractivity contribution in [3.8, 4) is 21.9 Å². The lowest BCUT2D eigenvalue weighted by Crippen LogP contribution is -2.34. The second-order valence-corrected chi connectivity index (χ2v) is 11.1. The van der Waals surface area contributed by atoms with Gasteiger partial charge in [-0.2, -0.15) is 0 Å². The van der Waals surface area contributed by atoms with Gasteiger partial charge in [-0.15, -0.1) is 16.4 Å². The number of methoxy groups -OCH3 is 1. The molecule has 0 amide bonds. The standard InChI is InChI=1S/C28H22ClN7O3S/c1-15-24-14-34(7-8-35(24)33-32-15)17-4-3-16-12-30-13-23(19(16)9-17)36-27(37)26-22(31-28(36)38)11-25(40-26)20-10-18(39-2)5-6-21(20)29/h3-6,9-13H,7-8,14H2,1-2H3,(H,31,38). The Labute approximate surface area is 236 Å². The number of ether oxygens (including phenoxy) is 1. The minimum atomic E-state index is -0.540. The van der Waals surface area contributed by atoms with Gasteiger partial charge < -0.3 is 14.6 Å². The van der Waals surface area contributed by atoms with Crippen molar-refractivity contribution in [1.82, 2.24) is 29.5 Å². The van der Waals surface area contributed by atoms with E-state index in [9.17, 15) is 9.59 Å². The number of nitrogens with one attached hydrogen (secondary N) is 1. The summed E-state index contributed by atoms with van der Waals surface area (Å²) in [4.78, 5) is 37.4. The van der Waals surface area contributed by atoms with Gasteiger partial charge in [0.05, 0.1) is 49.0 Å². The van der Waals surface area contributed by atoms with E-state index in [1.54, 1.807) is 37.7 Å². The first kappa shape index (κ1) is 24.6. The molecule has 0 aliphatic carbocycles. The maximum absolute atomic E-state index is 13.8. The molecule has 12 heteroatoms. The van der Waals surface area contributed by atoms with Crippen LogP contribution in [0.1, 0.15) is 11.4 Å². The number of hydrogen-bond acceptors (Lipinski definition) is 8. The van der Waals surface area contributed by atoms with Gasteiger partial charge in [-0.25, -0.2) is 14.0 Å². The van der Waals surface area contributed by atoms with E-state index in [2.05, 4.69) is 25.2 Å². The molecule has 0 unspecified atom stereocenters. The van der Waals surface area contributed by atoms with Gasteiger partial charge in [-0.05, 0) is 43.3 Å². The molecule has 1 aliphatic rings. The molecule has 4 aromatic heterocycles. The minimum absolute atomic E-state index is 0.411. The average Bonchev–Trinajstić information content (AvgIpc) is 3.56. The molecule has 0 saturated heterocycles. The van der Waals surface area contributed by atoms with Crippen LogP contribution in [0, 0.1) is 6.92 Å². The molecule has 5 heterocycles. The van der Waals surface area contributed by atoms with Crippen molar-refractivity contribution in [2.75, 3.05) is 18.6 Å². The van der Waals surface area contributed by atoms with Crippen molar-refractivity contribution in [2.24, 2.45) is 0 Å². The summed E-state index contributed by atoms with van der Waals surface area (Å²) in [6, 6.07) is 13.1. The van der Waals surface area contributed by atoms with Crippen molar-refractivity contribution in [3.05, 3.63) is 92.1 Å². The fourth-order valence-corrected chi connectivity index (χ4v) is 6.53. The van der Waals surface area contributed by atoms with Crippen molar-refractivity contribution in [2.45, 2.75) is 20.0 Å². The lowest BCUT2D eigenvalue weighted by atomic mass is 10.1. The smallest absolute Gasteiger partial charge is 0.333 e. The summed E-state index contributed by atoms with van der Waals surface area (Å²) in [5.74, 6) is 0.643. The van der Waals surface area contributed by atoms with Crippen molar-refractivity contribution in [1.29, 1.82) is 0 Å². The number of H-pyrrole nitrogens is 1. The molecule has 0 bridgehead atoms. The van der Waals surface area contributed by atoms with Gasteiger partial charge in [0, 0.05) is 44.7 Å². The van der Waals surface area contributed by atoms with Crippen LogP contribution < -0.4 is 20.9 Å². The highest BCUT2D eigenvalue weighted by Gasteiger charge is 2.22. The fourth-order valence-electron chi connectivity index (χ4n) is 5.18. The third-order valence-corrected chi connectivity index (χ3v) is 8.78. The quantitative estimate of drug-likeness (QED) is 0.331. The SMILES string of the molecule is COc1ccc(Cl)c(-c2cc3[nH]c(=O)n(-c4cncc5ccc(N6CCn7nnc(C)c7C6)cc45)c(=O)c3s2)c1. The predicted octanol–water partition coefficient (Wildman–Crippen LogP) is 4.54. The van der Waals surface area contributed by atoms with E-state index in [1.165, 1.54) is 11.3 Å². The Morgan fingerprint density at radius 1 is 1.07 bits per heavy atom. The number of aromatic amines is 1. The molecule has 1 aliphatic heterocycles. The van der Waals surface area contributed by atoms with E-state index in [0.29, 0.717) is 33.2 Å². The fraction of sp³-hybridized carbons (Fsp3) is 0.179. The maximum atomic E-state index is 13.8. The normalized spacial score (nSPS) is 13.2. The summed E-state index contributed by atoms with van der Waals surface area (Å²) in [6.07, 6.45) is 3.29. The highest BCUT2D eigenvalue weighted by atomic mass is 35.5. The summed E-state index contributed by atoms with van der Waals surface area (Å²) < 4.78 is 8.85. The number of rotatable bonds is 4. The zero-order valence-electron chi connectivity index (χ0n) is 21.5. The number of pyridine rings is 1. The largest absolute Gasteiger partial charge is 0.497 e. The summed E-state index contributed by atoms with van der Waals surface area (Å²) in [6.45, 7) is 4.12. The number of fused-ring (bicyclic) bond motifs is 3. The number of aryl methyl sites for hydroxylation is 1. The molecular formula is C28H22ClN7O3S. The summed E-state index contributed by atoms with van der Waals surface area (Å²) in [7, 11) is 1.58. The van der Waals surface area contributed by atoms with Crippen LogP contribution in [0.4, 0.5) is 5.69 Å². The minimum Gasteiger partial charge on any atom is -0.497 e.